The first kappa shape index (κ1) is 26.4. The first-order valence-corrected chi connectivity index (χ1v) is 14.1. The lowest BCUT2D eigenvalue weighted by Crippen LogP contribution is -2.43. The van der Waals surface area contributed by atoms with Gasteiger partial charge in [-0.15, -0.1) is 0 Å². The Morgan fingerprint density at radius 3 is 2.92 bits per heavy atom. The van der Waals surface area contributed by atoms with Crippen LogP contribution in [0.5, 0.6) is 11.5 Å². The van der Waals surface area contributed by atoms with E-state index < -0.39 is 11.9 Å². The van der Waals surface area contributed by atoms with E-state index in [1.165, 1.54) is 11.1 Å². The van der Waals surface area contributed by atoms with Crippen LogP contribution < -0.4 is 9.47 Å². The van der Waals surface area contributed by atoms with Crippen LogP contribution in [-0.4, -0.2) is 59.8 Å². The smallest absolute Gasteiger partial charge is 0.306 e. The molecule has 40 heavy (non-hydrogen) atoms. The third-order valence-corrected chi connectivity index (χ3v) is 8.84. The zero-order valence-corrected chi connectivity index (χ0v) is 23.0. The summed E-state index contributed by atoms with van der Waals surface area (Å²) in [5, 5.41) is 10.9. The van der Waals surface area contributed by atoms with Crippen LogP contribution >= 0.6 is 0 Å². The number of aromatic nitrogens is 1. The lowest BCUT2D eigenvalue weighted by Gasteiger charge is -2.36. The number of esters is 1. The van der Waals surface area contributed by atoms with Gasteiger partial charge in [-0.2, -0.15) is 0 Å². The topological polar surface area (TPSA) is 101 Å². The molecule has 2 aliphatic heterocycles. The van der Waals surface area contributed by atoms with Gasteiger partial charge < -0.3 is 29.2 Å². The number of nitrogens with zero attached hydrogens (tertiary/aromatic N) is 1. The lowest BCUT2D eigenvalue weighted by atomic mass is 9.69. The number of hydrogen-bond donors (Lipinski definition) is 2. The molecule has 0 saturated carbocycles. The van der Waals surface area contributed by atoms with E-state index >= 15 is 0 Å². The quantitative estimate of drug-likeness (QED) is 0.289. The number of H-pyrrole nitrogens is 1. The van der Waals surface area contributed by atoms with Crippen molar-refractivity contribution >= 4 is 22.8 Å². The van der Waals surface area contributed by atoms with Crippen LogP contribution in [0.2, 0.25) is 0 Å². The monoisotopic (exact) mass is 544 g/mol. The van der Waals surface area contributed by atoms with Crippen LogP contribution in [0.15, 0.2) is 54.7 Å². The molecule has 0 amide bonds. The standard InChI is InChI=1S/C32H36N2O6/c1-34-15-14-32-13-12-23(17-27(32)40-30-26(38-2)11-10-21(19-34)29(30)32)39-28(35)9-5-6-20(31(36)37)16-22-18-33-25-8-4-3-7-24(22)25/h3-4,7-8,10-13,18,20,23,27,33H,5-6,9,14-17,19H2,1-2H3,(H,36,37). The molecule has 1 aliphatic carbocycles. The number of rotatable bonds is 9. The van der Waals surface area contributed by atoms with Gasteiger partial charge in [0.05, 0.1) is 18.4 Å². The molecule has 3 aromatic rings. The van der Waals surface area contributed by atoms with E-state index in [2.05, 4.69) is 29.1 Å². The molecule has 0 radical (unpaired) electrons. The summed E-state index contributed by atoms with van der Waals surface area (Å²) in [6.07, 6.45) is 8.52. The second kappa shape index (κ2) is 10.7. The van der Waals surface area contributed by atoms with E-state index in [-0.39, 0.29) is 30.0 Å². The maximum atomic E-state index is 12.8. The molecule has 1 spiro atoms. The largest absolute Gasteiger partial charge is 0.493 e. The molecule has 3 aliphatic rings. The van der Waals surface area contributed by atoms with Crippen molar-refractivity contribution in [1.29, 1.82) is 0 Å². The van der Waals surface area contributed by atoms with E-state index in [0.717, 1.165) is 47.5 Å². The Morgan fingerprint density at radius 1 is 1.25 bits per heavy atom. The van der Waals surface area contributed by atoms with Crippen LogP contribution in [-0.2, 0) is 32.7 Å². The first-order valence-electron chi connectivity index (χ1n) is 14.1. The van der Waals surface area contributed by atoms with Crippen LogP contribution in [0.1, 0.15) is 48.8 Å². The molecule has 2 aromatic carbocycles. The number of aromatic amines is 1. The van der Waals surface area contributed by atoms with Gasteiger partial charge >= 0.3 is 11.9 Å². The van der Waals surface area contributed by atoms with Crippen molar-refractivity contribution in [2.24, 2.45) is 5.92 Å². The fourth-order valence-corrected chi connectivity index (χ4v) is 6.75. The van der Waals surface area contributed by atoms with Crippen molar-refractivity contribution in [3.05, 3.63) is 71.4 Å². The summed E-state index contributed by atoms with van der Waals surface area (Å²) in [6, 6.07) is 12.0. The van der Waals surface area contributed by atoms with Crippen molar-refractivity contribution < 1.29 is 28.9 Å². The van der Waals surface area contributed by atoms with Crippen molar-refractivity contribution in [3.63, 3.8) is 0 Å². The number of para-hydroxylation sites is 1. The third-order valence-electron chi connectivity index (χ3n) is 8.84. The fraction of sp³-hybridized carbons (Fsp3) is 0.438. The molecule has 6 rings (SSSR count). The molecule has 3 heterocycles. The number of benzene rings is 2. The number of methoxy groups -OCH3 is 1. The number of carboxylic acids is 1. The van der Waals surface area contributed by atoms with Crippen molar-refractivity contribution in [2.75, 3.05) is 20.7 Å². The second-order valence-electron chi connectivity index (χ2n) is 11.4. The normalized spacial score (nSPS) is 24.1. The van der Waals surface area contributed by atoms with Gasteiger partial charge in [0.2, 0.25) is 0 Å². The summed E-state index contributed by atoms with van der Waals surface area (Å²) in [5.74, 6) is -0.173. The third kappa shape index (κ3) is 4.74. The summed E-state index contributed by atoms with van der Waals surface area (Å²) in [5.41, 5.74) is 4.17. The summed E-state index contributed by atoms with van der Waals surface area (Å²) in [6.45, 7) is 1.79. The Bertz CT molecular complexity index is 1460. The number of aliphatic carboxylic acids is 1. The number of ether oxygens (including phenoxy) is 3. The molecule has 4 atom stereocenters. The Kier molecular flexibility index (Phi) is 7.04. The maximum absolute atomic E-state index is 12.8. The summed E-state index contributed by atoms with van der Waals surface area (Å²) in [7, 11) is 3.80. The van der Waals surface area contributed by atoms with E-state index in [9.17, 15) is 14.7 Å². The van der Waals surface area contributed by atoms with Crippen LogP contribution in [0, 0.1) is 5.92 Å². The Morgan fingerprint density at radius 2 is 2.10 bits per heavy atom. The molecule has 2 N–H and O–H groups in total. The predicted octanol–water partition coefficient (Wildman–Crippen LogP) is 5.00. The minimum Gasteiger partial charge on any atom is -0.493 e. The number of hydrogen-bond acceptors (Lipinski definition) is 6. The molecular weight excluding hydrogens is 508 g/mol. The van der Waals surface area contributed by atoms with Gasteiger partial charge in [-0.3, -0.25) is 9.59 Å². The highest BCUT2D eigenvalue weighted by atomic mass is 16.6. The van der Waals surface area contributed by atoms with Gasteiger partial charge in [0.15, 0.2) is 11.5 Å². The summed E-state index contributed by atoms with van der Waals surface area (Å²) in [4.78, 5) is 30.3. The zero-order valence-electron chi connectivity index (χ0n) is 23.0. The molecule has 4 unspecified atom stereocenters. The molecule has 0 bridgehead atoms. The molecule has 8 nitrogen and oxygen atoms in total. The van der Waals surface area contributed by atoms with Crippen LogP contribution in [0.25, 0.3) is 10.9 Å². The number of carboxylic acid groups (broad SMARTS) is 1. The van der Waals surface area contributed by atoms with Crippen molar-refractivity contribution in [1.82, 2.24) is 9.88 Å². The van der Waals surface area contributed by atoms with E-state index in [4.69, 9.17) is 14.2 Å². The Labute approximate surface area is 233 Å². The predicted molar refractivity (Wildman–Crippen MR) is 151 cm³/mol. The Balaban J connectivity index is 1.08. The first-order chi connectivity index (χ1) is 19.4. The van der Waals surface area contributed by atoms with E-state index in [1.54, 1.807) is 7.11 Å². The maximum Gasteiger partial charge on any atom is 0.306 e. The fourth-order valence-electron chi connectivity index (χ4n) is 6.75. The average molecular weight is 545 g/mol. The molecule has 1 aromatic heterocycles. The summed E-state index contributed by atoms with van der Waals surface area (Å²) < 4.78 is 18.0. The van der Waals surface area contributed by atoms with Crippen molar-refractivity contribution in [2.45, 2.75) is 62.7 Å². The molecule has 210 valence electrons. The van der Waals surface area contributed by atoms with Gasteiger partial charge in [-0.25, -0.2) is 0 Å². The average Bonchev–Trinajstić information content (AvgIpc) is 3.46. The van der Waals surface area contributed by atoms with E-state index in [0.29, 0.717) is 25.7 Å². The SMILES string of the molecule is COc1ccc2c3c1OC1CC(OC(=O)CCCC(Cc4c[nH]c5ccccc45)C(=O)O)C=CC31CCN(C)C2. The highest BCUT2D eigenvalue weighted by Crippen LogP contribution is 2.55. The number of fused-ring (bicyclic) bond motifs is 1. The number of carbonyl (C=O) groups is 2. The highest BCUT2D eigenvalue weighted by molar-refractivity contribution is 5.84. The lowest BCUT2D eigenvalue weighted by molar-refractivity contribution is -0.149. The molecule has 0 fully saturated rings. The summed E-state index contributed by atoms with van der Waals surface area (Å²) >= 11 is 0. The minimum absolute atomic E-state index is 0.139. The van der Waals surface area contributed by atoms with Gasteiger partial charge in [0.25, 0.3) is 0 Å². The van der Waals surface area contributed by atoms with Crippen molar-refractivity contribution in [3.8, 4) is 11.5 Å². The minimum atomic E-state index is -0.846. The highest BCUT2D eigenvalue weighted by Gasteiger charge is 2.53. The van der Waals surface area contributed by atoms with Gasteiger partial charge in [-0.1, -0.05) is 30.3 Å². The van der Waals surface area contributed by atoms with Gasteiger partial charge in [-0.05, 0) is 68.6 Å². The second-order valence-corrected chi connectivity index (χ2v) is 11.4. The molecular formula is C32H36N2O6. The van der Waals surface area contributed by atoms with Crippen LogP contribution in [0.4, 0.5) is 0 Å². The number of nitrogens with one attached hydrogen (secondary N) is 1. The molecule has 0 saturated heterocycles. The van der Waals surface area contributed by atoms with Crippen LogP contribution in [0.3, 0.4) is 0 Å². The van der Waals surface area contributed by atoms with E-state index in [1.807, 2.05) is 42.6 Å². The van der Waals surface area contributed by atoms with Gasteiger partial charge in [0.1, 0.15) is 12.2 Å². The van der Waals surface area contributed by atoms with Gasteiger partial charge in [0, 0.05) is 42.0 Å². The Hall–Kier alpha value is -3.78. The number of carbonyl (C=O) groups excluding carboxylic acids is 1. The molecule has 8 heteroatoms. The zero-order chi connectivity index (χ0) is 27.9.